The summed E-state index contributed by atoms with van der Waals surface area (Å²) in [6.45, 7) is 0.662. The molecule has 0 radical (unpaired) electrons. The Kier molecular flexibility index (Phi) is 6.24. The van der Waals surface area contributed by atoms with E-state index in [4.69, 9.17) is 32.7 Å². The zero-order valence-corrected chi connectivity index (χ0v) is 19.6. The summed E-state index contributed by atoms with van der Waals surface area (Å²) in [5.41, 5.74) is 1.19. The van der Waals surface area contributed by atoms with Gasteiger partial charge >= 0.3 is 6.03 Å². The molecule has 4 amide bonds. The second-order valence-corrected chi connectivity index (χ2v) is 9.16. The summed E-state index contributed by atoms with van der Waals surface area (Å²) in [5, 5.41) is 6.65. The number of hydrogen-bond acceptors (Lipinski definition) is 6. The Labute approximate surface area is 205 Å². The van der Waals surface area contributed by atoms with Gasteiger partial charge in [-0.1, -0.05) is 29.3 Å². The number of halogens is 2. The number of nitrogens with one attached hydrogen (secondary N) is 2. The normalized spacial score (nSPS) is 21.5. The van der Waals surface area contributed by atoms with Crippen molar-refractivity contribution in [3.63, 3.8) is 0 Å². The van der Waals surface area contributed by atoms with Crippen LogP contribution < -0.4 is 20.1 Å². The fourth-order valence-electron chi connectivity index (χ4n) is 4.50. The van der Waals surface area contributed by atoms with Crippen LogP contribution in [-0.2, 0) is 16.1 Å². The monoisotopic (exact) mass is 504 g/mol. The van der Waals surface area contributed by atoms with Gasteiger partial charge < -0.3 is 25.0 Å². The number of fused-ring (bicyclic) bond motifs is 2. The smallest absolute Gasteiger partial charge is 0.327 e. The maximum Gasteiger partial charge on any atom is 0.327 e. The molecular weight excluding hydrogens is 483 g/mol. The van der Waals surface area contributed by atoms with E-state index < -0.39 is 24.0 Å². The molecule has 5 rings (SSSR count). The van der Waals surface area contributed by atoms with Gasteiger partial charge in [-0.05, 0) is 55.3 Å². The molecule has 2 unspecified atom stereocenters. The van der Waals surface area contributed by atoms with Crippen molar-refractivity contribution >= 4 is 46.7 Å². The third-order valence-corrected chi connectivity index (χ3v) is 6.87. The van der Waals surface area contributed by atoms with Gasteiger partial charge in [0, 0.05) is 5.69 Å². The molecule has 2 N–H and O–H groups in total. The van der Waals surface area contributed by atoms with Gasteiger partial charge in [-0.25, -0.2) is 4.79 Å². The molecule has 11 heteroatoms. The summed E-state index contributed by atoms with van der Waals surface area (Å²) in [5.74, 6) is 0.498. The van der Waals surface area contributed by atoms with E-state index in [9.17, 15) is 14.4 Å². The van der Waals surface area contributed by atoms with Crippen molar-refractivity contribution < 1.29 is 23.9 Å². The number of carbonyl (C=O) groups is 3. The minimum atomic E-state index is -0.571. The number of benzene rings is 2. The minimum Gasteiger partial charge on any atom is -0.454 e. The first-order chi connectivity index (χ1) is 16.4. The molecule has 2 aromatic carbocycles. The quantitative estimate of drug-likeness (QED) is 0.648. The van der Waals surface area contributed by atoms with E-state index in [0.717, 1.165) is 12.0 Å². The molecule has 9 nitrogen and oxygen atoms in total. The summed E-state index contributed by atoms with van der Waals surface area (Å²) in [4.78, 5) is 42.2. The van der Waals surface area contributed by atoms with Gasteiger partial charge in [0.1, 0.15) is 12.6 Å². The number of ether oxygens (including phenoxy) is 2. The molecule has 0 saturated carbocycles. The standard InChI is InChI=1S/C23H22Cl2N4O5/c24-15-5-4-14(9-16(15)25)27-20(30)11-28-17-2-1-7-26-21(17)22(31)29(23(28)32)10-13-3-6-18-19(8-13)34-12-33-18/h3-6,8-9,17,21,26H,1-2,7,10-12H2,(H,27,30). The Morgan fingerprint density at radius 1 is 1.09 bits per heavy atom. The molecule has 3 heterocycles. The van der Waals surface area contributed by atoms with E-state index in [2.05, 4.69) is 10.6 Å². The Hall–Kier alpha value is -3.01. The third kappa shape index (κ3) is 4.38. The average Bonchev–Trinajstić information content (AvgIpc) is 3.30. The highest BCUT2D eigenvalue weighted by atomic mass is 35.5. The first kappa shape index (κ1) is 22.8. The number of anilines is 1. The van der Waals surface area contributed by atoms with Crippen LogP contribution in [0.5, 0.6) is 11.5 Å². The molecule has 0 aliphatic carbocycles. The molecule has 0 spiro atoms. The number of urea groups is 1. The Morgan fingerprint density at radius 3 is 2.74 bits per heavy atom. The summed E-state index contributed by atoms with van der Waals surface area (Å²) >= 11 is 12.0. The van der Waals surface area contributed by atoms with E-state index in [-0.39, 0.29) is 25.8 Å². The largest absolute Gasteiger partial charge is 0.454 e. The van der Waals surface area contributed by atoms with Gasteiger partial charge in [0.05, 0.1) is 22.6 Å². The number of hydrogen-bond donors (Lipinski definition) is 2. The first-order valence-electron chi connectivity index (χ1n) is 10.9. The van der Waals surface area contributed by atoms with Crippen LogP contribution in [0, 0.1) is 0 Å². The SMILES string of the molecule is O=C(CN1C(=O)N(Cc2ccc3c(c2)OCO3)C(=O)C2NCCCC21)Nc1ccc(Cl)c(Cl)c1. The van der Waals surface area contributed by atoms with E-state index in [1.807, 2.05) is 0 Å². The van der Waals surface area contributed by atoms with Crippen LogP contribution in [0.25, 0.3) is 0 Å². The summed E-state index contributed by atoms with van der Waals surface area (Å²) < 4.78 is 10.7. The van der Waals surface area contributed by atoms with Crippen molar-refractivity contribution in [2.24, 2.45) is 0 Å². The topological polar surface area (TPSA) is 100 Å². The van der Waals surface area contributed by atoms with E-state index in [1.54, 1.807) is 36.4 Å². The van der Waals surface area contributed by atoms with Crippen molar-refractivity contribution in [1.82, 2.24) is 15.1 Å². The molecule has 2 saturated heterocycles. The van der Waals surface area contributed by atoms with Crippen LogP contribution in [0.2, 0.25) is 10.0 Å². The van der Waals surface area contributed by atoms with E-state index in [0.29, 0.717) is 40.2 Å². The Balaban J connectivity index is 1.35. The van der Waals surface area contributed by atoms with Crippen LogP contribution in [0.15, 0.2) is 36.4 Å². The van der Waals surface area contributed by atoms with Gasteiger partial charge in [-0.2, -0.15) is 0 Å². The highest BCUT2D eigenvalue weighted by molar-refractivity contribution is 6.42. The van der Waals surface area contributed by atoms with Gasteiger partial charge in [-0.3, -0.25) is 14.5 Å². The average molecular weight is 505 g/mol. The number of piperidine rings is 1. The molecule has 2 atom stereocenters. The minimum absolute atomic E-state index is 0.0596. The highest BCUT2D eigenvalue weighted by Gasteiger charge is 2.47. The fraction of sp³-hybridized carbons (Fsp3) is 0.348. The van der Waals surface area contributed by atoms with Crippen LogP contribution in [0.4, 0.5) is 10.5 Å². The van der Waals surface area contributed by atoms with Gasteiger partial charge in [0.2, 0.25) is 18.6 Å². The summed E-state index contributed by atoms with van der Waals surface area (Å²) in [6.07, 6.45) is 1.43. The van der Waals surface area contributed by atoms with Crippen molar-refractivity contribution in [1.29, 1.82) is 0 Å². The molecule has 3 aliphatic heterocycles. The molecule has 0 aromatic heterocycles. The molecule has 3 aliphatic rings. The first-order valence-corrected chi connectivity index (χ1v) is 11.6. The maximum absolute atomic E-state index is 13.4. The lowest BCUT2D eigenvalue weighted by Crippen LogP contribution is -2.70. The lowest BCUT2D eigenvalue weighted by atomic mass is 9.93. The van der Waals surface area contributed by atoms with Gasteiger partial charge in [0.25, 0.3) is 0 Å². The highest BCUT2D eigenvalue weighted by Crippen LogP contribution is 2.34. The fourth-order valence-corrected chi connectivity index (χ4v) is 4.80. The van der Waals surface area contributed by atoms with E-state index >= 15 is 0 Å². The van der Waals surface area contributed by atoms with Crippen LogP contribution in [-0.4, -0.2) is 59.6 Å². The van der Waals surface area contributed by atoms with Crippen LogP contribution in [0.3, 0.4) is 0 Å². The van der Waals surface area contributed by atoms with Crippen molar-refractivity contribution in [3.05, 3.63) is 52.0 Å². The van der Waals surface area contributed by atoms with E-state index in [1.165, 1.54) is 9.80 Å². The number of rotatable bonds is 5. The predicted octanol–water partition coefficient (Wildman–Crippen LogP) is 3.25. The second-order valence-electron chi connectivity index (χ2n) is 8.34. The van der Waals surface area contributed by atoms with Crippen molar-refractivity contribution in [2.45, 2.75) is 31.5 Å². The zero-order chi connectivity index (χ0) is 23.8. The van der Waals surface area contributed by atoms with Gasteiger partial charge in [-0.15, -0.1) is 0 Å². The van der Waals surface area contributed by atoms with Crippen molar-refractivity contribution in [2.75, 3.05) is 25.2 Å². The summed E-state index contributed by atoms with van der Waals surface area (Å²) in [6, 6.07) is 8.57. The number of carbonyl (C=O) groups excluding carboxylic acids is 3. The number of amides is 4. The summed E-state index contributed by atoms with van der Waals surface area (Å²) in [7, 11) is 0. The maximum atomic E-state index is 13.4. The molecule has 2 fully saturated rings. The molecule has 178 valence electrons. The Morgan fingerprint density at radius 2 is 1.91 bits per heavy atom. The zero-order valence-electron chi connectivity index (χ0n) is 18.1. The molecule has 0 bridgehead atoms. The number of nitrogens with zero attached hydrogens (tertiary/aromatic N) is 2. The predicted molar refractivity (Wildman–Crippen MR) is 125 cm³/mol. The van der Waals surface area contributed by atoms with Crippen LogP contribution in [0.1, 0.15) is 18.4 Å². The molecular formula is C23H22Cl2N4O5. The lowest BCUT2D eigenvalue weighted by Gasteiger charge is -2.46. The Bertz CT molecular complexity index is 1160. The third-order valence-electron chi connectivity index (χ3n) is 6.13. The second kappa shape index (κ2) is 9.32. The molecule has 34 heavy (non-hydrogen) atoms. The van der Waals surface area contributed by atoms with Crippen molar-refractivity contribution in [3.8, 4) is 11.5 Å². The molecule has 2 aromatic rings. The van der Waals surface area contributed by atoms with Crippen LogP contribution >= 0.6 is 23.2 Å². The lowest BCUT2D eigenvalue weighted by molar-refractivity contribution is -0.138. The van der Waals surface area contributed by atoms with Gasteiger partial charge in [0.15, 0.2) is 11.5 Å². The number of imide groups is 1.